The van der Waals surface area contributed by atoms with Crippen molar-refractivity contribution in [3.8, 4) is 0 Å². The van der Waals surface area contributed by atoms with Crippen LogP contribution in [0, 0.1) is 0 Å². The fraction of sp³-hybridized carbons (Fsp3) is 0.562. The number of esters is 2. The van der Waals surface area contributed by atoms with Crippen molar-refractivity contribution in [3.63, 3.8) is 0 Å². The predicted octanol–water partition coefficient (Wildman–Crippen LogP) is 3.24. The van der Waals surface area contributed by atoms with E-state index in [4.69, 9.17) is 28.4 Å². The molecule has 0 spiro atoms. The summed E-state index contributed by atoms with van der Waals surface area (Å²) in [7, 11) is -3.26. The Bertz CT molecular complexity index is 1010. The second-order valence-electron chi connectivity index (χ2n) is 11.6. The molecule has 258 valence electrons. The Morgan fingerprint density at radius 1 is 0.587 bits per heavy atom. The van der Waals surface area contributed by atoms with Gasteiger partial charge in [0.05, 0.1) is 42.5 Å². The molecule has 0 fully saturated rings. The van der Waals surface area contributed by atoms with E-state index in [9.17, 15) is 19.2 Å². The van der Waals surface area contributed by atoms with Gasteiger partial charge in [-0.05, 0) is 12.8 Å². The summed E-state index contributed by atoms with van der Waals surface area (Å²) in [5, 5.41) is 7.83. The first-order chi connectivity index (χ1) is 21.9. The van der Waals surface area contributed by atoms with E-state index in [1.54, 1.807) is 0 Å². The van der Waals surface area contributed by atoms with Crippen LogP contribution < -0.4 is 21.0 Å². The molecule has 46 heavy (non-hydrogen) atoms. The largest absolute Gasteiger partial charge is 0.461 e. The van der Waals surface area contributed by atoms with E-state index in [-0.39, 0.29) is 39.5 Å². The van der Waals surface area contributed by atoms with Crippen molar-refractivity contribution >= 4 is 50.6 Å². The molecule has 1 aromatic carbocycles. The molecule has 1 rings (SSSR count). The van der Waals surface area contributed by atoms with Crippen molar-refractivity contribution in [1.29, 1.82) is 0 Å². The van der Waals surface area contributed by atoms with Gasteiger partial charge in [-0.25, -0.2) is 19.2 Å². The number of alkyl carbamates (subject to hydrolysis) is 2. The van der Waals surface area contributed by atoms with E-state index in [1.807, 2.05) is 0 Å². The topological polar surface area (TPSA) is 148 Å². The molecule has 0 aliphatic carbocycles. The van der Waals surface area contributed by atoms with E-state index in [0.29, 0.717) is 26.4 Å². The Kier molecular flexibility index (Phi) is 20.2. The monoisotopic (exact) mass is 680 g/mol. The lowest BCUT2D eigenvalue weighted by molar-refractivity contribution is -0.138. The molecule has 0 saturated carbocycles. The molecular formula is C32H52N2O10Si2. The summed E-state index contributed by atoms with van der Waals surface area (Å²) in [5.74, 6) is -1.08. The molecule has 1 aromatic rings. The van der Waals surface area contributed by atoms with Crippen LogP contribution in [0.3, 0.4) is 0 Å². The summed E-state index contributed by atoms with van der Waals surface area (Å²) in [6, 6.07) is 11.4. The van der Waals surface area contributed by atoms with E-state index in [1.165, 1.54) is 10.4 Å². The minimum Gasteiger partial charge on any atom is -0.461 e. The van der Waals surface area contributed by atoms with E-state index in [0.717, 1.165) is 37.1 Å². The second-order valence-corrected chi connectivity index (χ2v) is 21.3. The first-order valence-corrected chi connectivity index (χ1v) is 22.0. The molecule has 0 unspecified atom stereocenters. The van der Waals surface area contributed by atoms with Gasteiger partial charge in [0.15, 0.2) is 0 Å². The van der Waals surface area contributed by atoms with E-state index < -0.39 is 40.3 Å². The average Bonchev–Trinajstić information content (AvgIpc) is 3.03. The van der Waals surface area contributed by atoms with Crippen LogP contribution in [-0.4, -0.2) is 106 Å². The lowest BCUT2D eigenvalue weighted by atomic mass is 10.4. The van der Waals surface area contributed by atoms with Gasteiger partial charge in [0.1, 0.15) is 26.4 Å². The molecule has 0 aromatic heterocycles. The van der Waals surface area contributed by atoms with Crippen molar-refractivity contribution in [2.45, 2.75) is 51.1 Å². The first kappa shape index (κ1) is 40.6. The number of carbonyl (C=O) groups excluding carboxylic acids is 4. The fourth-order valence-electron chi connectivity index (χ4n) is 4.31. The molecule has 2 amide bonds. The number of hydrogen-bond donors (Lipinski definition) is 2. The Morgan fingerprint density at radius 2 is 0.957 bits per heavy atom. The minimum atomic E-state index is -1.63. The SMILES string of the molecule is C=CC(=O)OCCNC(=O)OCCOCCC[Si](C)(C)c1ccc([Si](C)(C)CCCOCCOC(=O)NCCOC(=O)C=C)cc1. The highest BCUT2D eigenvalue weighted by Gasteiger charge is 2.26. The third-order valence-electron chi connectivity index (χ3n) is 7.12. The molecule has 0 radical (unpaired) electrons. The maximum atomic E-state index is 11.6. The fourth-order valence-corrected chi connectivity index (χ4v) is 9.09. The highest BCUT2D eigenvalue weighted by Crippen LogP contribution is 2.15. The van der Waals surface area contributed by atoms with Crippen LogP contribution in [0.4, 0.5) is 9.59 Å². The Morgan fingerprint density at radius 3 is 1.30 bits per heavy atom. The molecule has 0 saturated heterocycles. The van der Waals surface area contributed by atoms with Gasteiger partial charge >= 0.3 is 24.1 Å². The van der Waals surface area contributed by atoms with E-state index in [2.05, 4.69) is 74.2 Å². The summed E-state index contributed by atoms with van der Waals surface area (Å²) in [4.78, 5) is 45.1. The molecule has 0 aliphatic rings. The van der Waals surface area contributed by atoms with Crippen molar-refractivity contribution in [3.05, 3.63) is 49.6 Å². The van der Waals surface area contributed by atoms with Crippen LogP contribution >= 0.6 is 0 Å². The van der Waals surface area contributed by atoms with Crippen LogP contribution in [0.5, 0.6) is 0 Å². The number of rotatable bonds is 24. The number of ether oxygens (including phenoxy) is 6. The molecule has 0 heterocycles. The highest BCUT2D eigenvalue weighted by molar-refractivity contribution is 6.91. The lowest BCUT2D eigenvalue weighted by Crippen LogP contribution is -2.45. The molecule has 12 nitrogen and oxygen atoms in total. The summed E-state index contributed by atoms with van der Waals surface area (Å²) in [6.45, 7) is 18.7. The number of benzene rings is 1. The Hall–Kier alpha value is -3.47. The van der Waals surface area contributed by atoms with Gasteiger partial charge in [0.25, 0.3) is 0 Å². The zero-order chi connectivity index (χ0) is 34.3. The third-order valence-corrected chi connectivity index (χ3v) is 14.1. The van der Waals surface area contributed by atoms with E-state index >= 15 is 0 Å². The summed E-state index contributed by atoms with van der Waals surface area (Å²) >= 11 is 0. The zero-order valence-corrected chi connectivity index (χ0v) is 29.9. The maximum Gasteiger partial charge on any atom is 0.407 e. The number of nitrogens with one attached hydrogen (secondary N) is 2. The zero-order valence-electron chi connectivity index (χ0n) is 27.9. The molecule has 0 bridgehead atoms. The van der Waals surface area contributed by atoms with Gasteiger partial charge in [0, 0.05) is 25.4 Å². The second kappa shape index (κ2) is 22.9. The Balaban J connectivity index is 2.21. The maximum absolute atomic E-state index is 11.6. The summed E-state index contributed by atoms with van der Waals surface area (Å²) < 4.78 is 30.9. The van der Waals surface area contributed by atoms with Crippen molar-refractivity contribution < 1.29 is 47.6 Å². The van der Waals surface area contributed by atoms with Gasteiger partial charge in [0.2, 0.25) is 0 Å². The van der Waals surface area contributed by atoms with Crippen LogP contribution in [0.25, 0.3) is 0 Å². The normalized spacial score (nSPS) is 11.2. The number of carbonyl (C=O) groups is 4. The number of amides is 2. The quantitative estimate of drug-likeness (QED) is 0.0548. The Labute approximate surface area is 275 Å². The van der Waals surface area contributed by atoms with Gasteiger partial charge in [-0.1, -0.05) is 86.1 Å². The first-order valence-electron chi connectivity index (χ1n) is 15.6. The lowest BCUT2D eigenvalue weighted by Gasteiger charge is -2.26. The molecule has 14 heteroatoms. The van der Waals surface area contributed by atoms with Crippen molar-refractivity contribution in [2.75, 3.05) is 65.9 Å². The van der Waals surface area contributed by atoms with Gasteiger partial charge < -0.3 is 39.1 Å². The van der Waals surface area contributed by atoms with Crippen LogP contribution in [0.2, 0.25) is 38.3 Å². The molecule has 0 aliphatic heterocycles. The summed E-state index contributed by atoms with van der Waals surface area (Å²) in [5.41, 5.74) is 0. The average molecular weight is 681 g/mol. The van der Waals surface area contributed by atoms with Crippen LogP contribution in [0.1, 0.15) is 12.8 Å². The van der Waals surface area contributed by atoms with Crippen molar-refractivity contribution in [2.24, 2.45) is 0 Å². The highest BCUT2D eigenvalue weighted by atomic mass is 28.3. The molecule has 2 N–H and O–H groups in total. The number of hydrogen-bond acceptors (Lipinski definition) is 10. The van der Waals surface area contributed by atoms with Crippen LogP contribution in [-0.2, 0) is 38.0 Å². The third kappa shape index (κ3) is 18.5. The smallest absolute Gasteiger partial charge is 0.407 e. The van der Waals surface area contributed by atoms with Gasteiger partial charge in [-0.2, -0.15) is 0 Å². The van der Waals surface area contributed by atoms with Gasteiger partial charge in [-0.3, -0.25) is 0 Å². The minimum absolute atomic E-state index is 0.0537. The molecule has 0 atom stereocenters. The molecular weight excluding hydrogens is 629 g/mol. The van der Waals surface area contributed by atoms with Crippen molar-refractivity contribution in [1.82, 2.24) is 10.6 Å². The standard InChI is InChI=1S/C32H52N2O10Si2/c1-7-29(35)41-19-15-33-31(37)43-23-21-39-17-9-25-45(3,4)27-11-13-28(14-12-27)46(5,6)26-10-18-40-22-24-44-32(38)34-16-20-42-30(36)8-2/h7-8,11-14H,1-2,9-10,15-26H2,3-6H3,(H,33,37)(H,34,38). The van der Waals surface area contributed by atoms with Crippen LogP contribution in [0.15, 0.2) is 49.6 Å². The summed E-state index contributed by atoms with van der Waals surface area (Å²) in [6.07, 6.45) is 2.83. The predicted molar refractivity (Wildman–Crippen MR) is 182 cm³/mol. The van der Waals surface area contributed by atoms with Gasteiger partial charge in [-0.15, -0.1) is 0 Å².